The maximum absolute atomic E-state index is 13.3. The number of sulfonamides is 1. The molecular weight excluding hydrogens is 360 g/mol. The minimum atomic E-state index is -4.02. The number of nitrogens with one attached hydrogen (secondary N) is 1. The summed E-state index contributed by atoms with van der Waals surface area (Å²) in [6.07, 6.45) is 0.364. The van der Waals surface area contributed by atoms with E-state index in [-0.39, 0.29) is 19.0 Å². The first-order chi connectivity index (χ1) is 11.3. The molecule has 1 amide bonds. The molecule has 0 saturated carbocycles. The first kappa shape index (κ1) is 16.9. The topological polar surface area (TPSA) is 79.4 Å². The van der Waals surface area contributed by atoms with Crippen molar-refractivity contribution in [2.45, 2.75) is 24.8 Å². The lowest BCUT2D eigenvalue weighted by Gasteiger charge is -2.25. The summed E-state index contributed by atoms with van der Waals surface area (Å²) in [5.41, 5.74) is 0.723. The molecule has 1 aliphatic rings. The molecule has 3 rings (SSSR count). The predicted molar refractivity (Wildman–Crippen MR) is 84.1 cm³/mol. The van der Waals surface area contributed by atoms with Gasteiger partial charge in [0.25, 0.3) is 0 Å². The Balaban J connectivity index is 1.88. The first-order valence-electron chi connectivity index (χ1n) is 6.98. The van der Waals surface area contributed by atoms with Crippen LogP contribution < -0.4 is 5.32 Å². The van der Waals surface area contributed by atoms with E-state index in [1.54, 1.807) is 0 Å². The number of carbonyl (C=O) groups excluding carboxylic acids is 1. The van der Waals surface area contributed by atoms with E-state index in [4.69, 9.17) is 0 Å². The molecule has 0 radical (unpaired) electrons. The van der Waals surface area contributed by atoms with Gasteiger partial charge in [-0.2, -0.15) is 4.31 Å². The van der Waals surface area contributed by atoms with Gasteiger partial charge in [0.1, 0.15) is 11.6 Å². The molecule has 10 heteroatoms. The molecule has 128 valence electrons. The quantitative estimate of drug-likeness (QED) is 0.894. The maximum Gasteiger partial charge on any atom is 0.243 e. The number of anilines is 1. The second-order valence-corrected chi connectivity index (χ2v) is 8.29. The molecule has 0 fully saturated rings. The third-order valence-corrected chi connectivity index (χ3v) is 6.27. The summed E-state index contributed by atoms with van der Waals surface area (Å²) >= 11 is 1.19. The molecule has 0 spiro atoms. The van der Waals surface area contributed by atoms with Crippen LogP contribution >= 0.6 is 11.3 Å². The third-order valence-electron chi connectivity index (χ3n) is 3.45. The Morgan fingerprint density at radius 1 is 1.29 bits per heavy atom. The number of halogens is 2. The maximum atomic E-state index is 13.3. The number of benzene rings is 1. The molecule has 0 unspecified atom stereocenters. The molecule has 0 saturated heterocycles. The van der Waals surface area contributed by atoms with Crippen LogP contribution in [0.3, 0.4) is 0 Å². The molecule has 0 aliphatic carbocycles. The number of aromatic nitrogens is 1. The minimum Gasteiger partial charge on any atom is -0.302 e. The molecule has 24 heavy (non-hydrogen) atoms. The van der Waals surface area contributed by atoms with E-state index in [1.165, 1.54) is 18.3 Å². The molecule has 1 N–H and O–H groups in total. The van der Waals surface area contributed by atoms with Crippen LogP contribution in [0.1, 0.15) is 17.5 Å². The Bertz CT molecular complexity index is 892. The molecular formula is C14H13F2N3O3S2. The SMILES string of the molecule is CC(=O)Nc1nc2c(s1)CN(S(=O)(=O)c1cc(F)cc(F)c1)CC2. The van der Waals surface area contributed by atoms with Crippen molar-refractivity contribution in [1.29, 1.82) is 0 Å². The largest absolute Gasteiger partial charge is 0.302 e. The van der Waals surface area contributed by atoms with Crippen molar-refractivity contribution < 1.29 is 22.0 Å². The van der Waals surface area contributed by atoms with Crippen molar-refractivity contribution in [1.82, 2.24) is 9.29 Å². The predicted octanol–water partition coefficient (Wildman–Crippen LogP) is 2.13. The highest BCUT2D eigenvalue weighted by Gasteiger charge is 2.31. The summed E-state index contributed by atoms with van der Waals surface area (Å²) in [5, 5.41) is 2.97. The zero-order chi connectivity index (χ0) is 17.5. The summed E-state index contributed by atoms with van der Waals surface area (Å²) in [5.74, 6) is -2.16. The smallest absolute Gasteiger partial charge is 0.243 e. The Morgan fingerprint density at radius 3 is 2.58 bits per heavy atom. The van der Waals surface area contributed by atoms with Crippen molar-refractivity contribution in [3.8, 4) is 0 Å². The van der Waals surface area contributed by atoms with E-state index in [2.05, 4.69) is 10.3 Å². The van der Waals surface area contributed by atoms with Crippen LogP contribution in [-0.2, 0) is 27.8 Å². The second-order valence-electron chi connectivity index (χ2n) is 5.26. The molecule has 1 aromatic carbocycles. The van der Waals surface area contributed by atoms with Crippen molar-refractivity contribution in [2.75, 3.05) is 11.9 Å². The standard InChI is InChI=1S/C14H13F2N3O3S2/c1-8(20)17-14-18-12-2-3-19(7-13(12)23-14)24(21,22)11-5-9(15)4-10(16)6-11/h4-6H,2-3,7H2,1H3,(H,17,18,20). The van der Waals surface area contributed by atoms with E-state index in [1.807, 2.05) is 0 Å². The number of hydrogen-bond acceptors (Lipinski definition) is 5. The zero-order valence-corrected chi connectivity index (χ0v) is 14.2. The van der Waals surface area contributed by atoms with Gasteiger partial charge in [-0.1, -0.05) is 0 Å². The van der Waals surface area contributed by atoms with Crippen LogP contribution in [0.25, 0.3) is 0 Å². The van der Waals surface area contributed by atoms with Gasteiger partial charge >= 0.3 is 0 Å². The number of rotatable bonds is 3. The lowest BCUT2D eigenvalue weighted by Crippen LogP contribution is -2.35. The van der Waals surface area contributed by atoms with Crippen molar-refractivity contribution >= 4 is 32.4 Å². The fourth-order valence-electron chi connectivity index (χ4n) is 2.41. The Morgan fingerprint density at radius 2 is 1.96 bits per heavy atom. The highest BCUT2D eigenvalue weighted by atomic mass is 32.2. The molecule has 1 aromatic heterocycles. The number of amides is 1. The van der Waals surface area contributed by atoms with Gasteiger partial charge in [0.2, 0.25) is 15.9 Å². The van der Waals surface area contributed by atoms with E-state index >= 15 is 0 Å². The fraction of sp³-hybridized carbons (Fsp3) is 0.286. The van der Waals surface area contributed by atoms with Gasteiger partial charge in [0, 0.05) is 30.8 Å². The summed E-state index contributed by atoms with van der Waals surface area (Å²) < 4.78 is 53.0. The summed E-state index contributed by atoms with van der Waals surface area (Å²) in [7, 11) is -4.02. The normalized spacial score (nSPS) is 15.1. The number of nitrogens with zero attached hydrogens (tertiary/aromatic N) is 2. The van der Waals surface area contributed by atoms with Crippen LogP contribution in [0.15, 0.2) is 23.1 Å². The first-order valence-corrected chi connectivity index (χ1v) is 9.24. The minimum absolute atomic E-state index is 0.0487. The van der Waals surface area contributed by atoms with Crippen molar-refractivity contribution in [3.05, 3.63) is 40.4 Å². The number of hydrogen-bond donors (Lipinski definition) is 1. The average Bonchev–Trinajstić information content (AvgIpc) is 2.86. The average molecular weight is 373 g/mol. The lowest BCUT2D eigenvalue weighted by molar-refractivity contribution is -0.114. The van der Waals surface area contributed by atoms with Crippen LogP contribution in [0.4, 0.5) is 13.9 Å². The van der Waals surface area contributed by atoms with Crippen LogP contribution in [-0.4, -0.2) is 30.2 Å². The van der Waals surface area contributed by atoms with E-state index < -0.39 is 26.6 Å². The van der Waals surface area contributed by atoms with Gasteiger partial charge in [0.05, 0.1) is 17.1 Å². The molecule has 1 aliphatic heterocycles. The van der Waals surface area contributed by atoms with Crippen LogP contribution in [0.5, 0.6) is 0 Å². The summed E-state index contributed by atoms with van der Waals surface area (Å²) in [6, 6.07) is 2.21. The monoisotopic (exact) mass is 373 g/mol. The Kier molecular flexibility index (Phi) is 4.37. The Hall–Kier alpha value is -1.91. The number of fused-ring (bicyclic) bond motifs is 1. The van der Waals surface area contributed by atoms with Crippen LogP contribution in [0, 0.1) is 11.6 Å². The number of carbonyl (C=O) groups is 1. The third kappa shape index (κ3) is 3.30. The van der Waals surface area contributed by atoms with Crippen LogP contribution in [0.2, 0.25) is 0 Å². The summed E-state index contributed by atoms with van der Waals surface area (Å²) in [6.45, 7) is 1.55. The van der Waals surface area contributed by atoms with E-state index in [0.29, 0.717) is 22.5 Å². The van der Waals surface area contributed by atoms with Gasteiger partial charge in [-0.15, -0.1) is 11.3 Å². The summed E-state index contributed by atoms with van der Waals surface area (Å²) in [4.78, 5) is 15.6. The molecule has 0 bridgehead atoms. The molecule has 2 heterocycles. The number of thiazole rings is 1. The van der Waals surface area contributed by atoms with Gasteiger partial charge in [-0.25, -0.2) is 22.2 Å². The van der Waals surface area contributed by atoms with Crippen molar-refractivity contribution in [2.24, 2.45) is 0 Å². The Labute approximate surface area is 141 Å². The van der Waals surface area contributed by atoms with Gasteiger partial charge in [-0.3, -0.25) is 4.79 Å². The molecule has 6 nitrogen and oxygen atoms in total. The fourth-order valence-corrected chi connectivity index (χ4v) is 5.01. The molecule has 2 aromatic rings. The van der Waals surface area contributed by atoms with Crippen molar-refractivity contribution in [3.63, 3.8) is 0 Å². The van der Waals surface area contributed by atoms with Gasteiger partial charge in [-0.05, 0) is 12.1 Å². The zero-order valence-electron chi connectivity index (χ0n) is 12.5. The van der Waals surface area contributed by atoms with E-state index in [0.717, 1.165) is 22.1 Å². The lowest BCUT2D eigenvalue weighted by atomic mass is 10.2. The van der Waals surface area contributed by atoms with Gasteiger partial charge < -0.3 is 5.32 Å². The molecule has 0 atom stereocenters. The second kappa shape index (κ2) is 6.19. The highest BCUT2D eigenvalue weighted by molar-refractivity contribution is 7.89. The highest BCUT2D eigenvalue weighted by Crippen LogP contribution is 2.31. The van der Waals surface area contributed by atoms with Gasteiger partial charge in [0.15, 0.2) is 5.13 Å². The van der Waals surface area contributed by atoms with E-state index in [9.17, 15) is 22.0 Å².